The lowest BCUT2D eigenvalue weighted by Crippen LogP contribution is -2.45. The Morgan fingerprint density at radius 3 is 2.30 bits per heavy atom. The summed E-state index contributed by atoms with van der Waals surface area (Å²) in [6.45, 7) is -0.298. The molecule has 6 nitrogen and oxygen atoms in total. The number of aliphatic carboxylic acids is 1. The van der Waals surface area contributed by atoms with Gasteiger partial charge in [-0.1, -0.05) is 18.9 Å². The fourth-order valence-corrected chi connectivity index (χ4v) is 3.38. The second kappa shape index (κ2) is 6.89. The van der Waals surface area contributed by atoms with Gasteiger partial charge in [-0.2, -0.15) is 0 Å². The molecule has 1 aromatic carbocycles. The van der Waals surface area contributed by atoms with Gasteiger partial charge < -0.3 is 19.5 Å². The quantitative estimate of drug-likeness (QED) is 0.868. The lowest BCUT2D eigenvalue weighted by molar-refractivity contribution is -0.146. The van der Waals surface area contributed by atoms with Gasteiger partial charge in [-0.05, 0) is 30.5 Å². The zero-order valence-corrected chi connectivity index (χ0v) is 13.8. The van der Waals surface area contributed by atoms with E-state index < -0.39 is 11.4 Å². The lowest BCUT2D eigenvalue weighted by atomic mass is 9.77. The Labute approximate surface area is 136 Å². The van der Waals surface area contributed by atoms with E-state index >= 15 is 0 Å². The maximum Gasteiger partial charge on any atom is 0.323 e. The molecular formula is C17H23NO5. The van der Waals surface area contributed by atoms with E-state index in [0.717, 1.165) is 18.4 Å². The zero-order valence-electron chi connectivity index (χ0n) is 13.8. The van der Waals surface area contributed by atoms with Crippen molar-refractivity contribution in [1.82, 2.24) is 4.90 Å². The monoisotopic (exact) mass is 321 g/mol. The third-order valence-corrected chi connectivity index (χ3v) is 4.52. The van der Waals surface area contributed by atoms with Crippen LogP contribution >= 0.6 is 0 Å². The van der Waals surface area contributed by atoms with Crippen molar-refractivity contribution in [1.29, 1.82) is 0 Å². The Morgan fingerprint density at radius 2 is 1.78 bits per heavy atom. The summed E-state index contributed by atoms with van der Waals surface area (Å²) in [7, 11) is 4.66. The molecule has 0 bridgehead atoms. The summed E-state index contributed by atoms with van der Waals surface area (Å²) in [6.07, 6.45) is 3.32. The van der Waals surface area contributed by atoms with Gasteiger partial charge in [0.15, 0.2) is 11.5 Å². The Kier molecular flexibility index (Phi) is 5.13. The number of amides is 1. The van der Waals surface area contributed by atoms with Crippen molar-refractivity contribution >= 4 is 11.9 Å². The maximum absolute atomic E-state index is 12.9. The number of likely N-dealkylation sites (N-methyl/N-ethyl adjacent to an activating group) is 1. The third kappa shape index (κ3) is 3.25. The van der Waals surface area contributed by atoms with Crippen LogP contribution in [0.2, 0.25) is 0 Å². The van der Waals surface area contributed by atoms with Crippen molar-refractivity contribution in [3.05, 3.63) is 23.8 Å². The second-order valence-corrected chi connectivity index (χ2v) is 5.91. The minimum Gasteiger partial charge on any atom is -0.493 e. The van der Waals surface area contributed by atoms with Gasteiger partial charge >= 0.3 is 5.97 Å². The Bertz CT molecular complexity index is 593. The molecule has 6 heteroatoms. The van der Waals surface area contributed by atoms with Crippen LogP contribution in [-0.4, -0.2) is 49.7 Å². The first-order valence-corrected chi connectivity index (χ1v) is 7.64. The summed E-state index contributed by atoms with van der Waals surface area (Å²) < 4.78 is 10.6. The van der Waals surface area contributed by atoms with E-state index in [1.807, 2.05) is 12.1 Å². The minimum atomic E-state index is -1.01. The molecule has 23 heavy (non-hydrogen) atoms. The van der Waals surface area contributed by atoms with Crippen molar-refractivity contribution < 1.29 is 24.2 Å². The van der Waals surface area contributed by atoms with Crippen LogP contribution in [0.5, 0.6) is 11.5 Å². The number of hydrogen-bond donors (Lipinski definition) is 1. The van der Waals surface area contributed by atoms with Crippen molar-refractivity contribution in [2.75, 3.05) is 27.8 Å². The van der Waals surface area contributed by atoms with E-state index in [9.17, 15) is 9.59 Å². The number of nitrogens with zero attached hydrogens (tertiary/aromatic N) is 1. The summed E-state index contributed by atoms with van der Waals surface area (Å²) in [5, 5.41) is 8.95. The highest BCUT2D eigenvalue weighted by atomic mass is 16.5. The standard InChI is InChI=1S/C17H23NO5/c1-18(11-15(19)20)16(21)17(8-4-5-9-17)12-6-7-13(22-2)14(10-12)23-3/h6-7,10H,4-5,8-9,11H2,1-3H3,(H,19,20). The van der Waals surface area contributed by atoms with Gasteiger partial charge in [-0.25, -0.2) is 0 Å². The molecule has 0 aromatic heterocycles. The van der Waals surface area contributed by atoms with Crippen LogP contribution in [0.15, 0.2) is 18.2 Å². The van der Waals surface area contributed by atoms with Gasteiger partial charge in [0.2, 0.25) is 5.91 Å². The predicted octanol–water partition coefficient (Wildman–Crippen LogP) is 2.06. The largest absolute Gasteiger partial charge is 0.493 e. The first-order chi connectivity index (χ1) is 10.9. The number of carboxylic acid groups (broad SMARTS) is 1. The van der Waals surface area contributed by atoms with Gasteiger partial charge in [0.25, 0.3) is 0 Å². The summed E-state index contributed by atoms with van der Waals surface area (Å²) >= 11 is 0. The molecule has 0 aliphatic heterocycles. The number of methoxy groups -OCH3 is 2. The van der Waals surface area contributed by atoms with E-state index in [1.54, 1.807) is 20.3 Å². The molecule has 0 spiro atoms. The highest BCUT2D eigenvalue weighted by molar-refractivity contribution is 5.90. The summed E-state index contributed by atoms with van der Waals surface area (Å²) in [4.78, 5) is 25.2. The number of carboxylic acids is 1. The highest BCUT2D eigenvalue weighted by Crippen LogP contribution is 2.44. The fourth-order valence-electron chi connectivity index (χ4n) is 3.38. The molecule has 0 unspecified atom stereocenters. The minimum absolute atomic E-state index is 0.149. The van der Waals surface area contributed by atoms with E-state index in [1.165, 1.54) is 11.9 Å². The van der Waals surface area contributed by atoms with Crippen molar-refractivity contribution in [2.24, 2.45) is 0 Å². The number of rotatable bonds is 6. The summed E-state index contributed by atoms with van der Waals surface area (Å²) in [6, 6.07) is 5.49. The molecule has 1 amide bonds. The molecule has 0 radical (unpaired) electrons. The van der Waals surface area contributed by atoms with Crippen LogP contribution in [-0.2, 0) is 15.0 Å². The maximum atomic E-state index is 12.9. The number of carbonyl (C=O) groups is 2. The fraction of sp³-hybridized carbons (Fsp3) is 0.529. The van der Waals surface area contributed by atoms with Gasteiger partial charge in [0, 0.05) is 7.05 Å². The van der Waals surface area contributed by atoms with Gasteiger partial charge in [-0.3, -0.25) is 9.59 Å². The van der Waals surface area contributed by atoms with E-state index in [0.29, 0.717) is 24.3 Å². The molecule has 1 aliphatic rings. The molecule has 1 fully saturated rings. The van der Waals surface area contributed by atoms with E-state index in [4.69, 9.17) is 14.6 Å². The highest BCUT2D eigenvalue weighted by Gasteiger charge is 2.44. The lowest BCUT2D eigenvalue weighted by Gasteiger charge is -2.32. The molecule has 0 heterocycles. The molecule has 2 rings (SSSR count). The van der Waals surface area contributed by atoms with Gasteiger partial charge in [-0.15, -0.1) is 0 Å². The zero-order chi connectivity index (χ0) is 17.0. The normalized spacial score (nSPS) is 16.0. The smallest absolute Gasteiger partial charge is 0.323 e. The van der Waals surface area contributed by atoms with Crippen molar-refractivity contribution in [2.45, 2.75) is 31.1 Å². The first kappa shape index (κ1) is 17.1. The molecule has 0 atom stereocenters. The Morgan fingerprint density at radius 1 is 1.17 bits per heavy atom. The van der Waals surface area contributed by atoms with Crippen LogP contribution in [0.25, 0.3) is 0 Å². The molecular weight excluding hydrogens is 298 g/mol. The first-order valence-electron chi connectivity index (χ1n) is 7.64. The average Bonchev–Trinajstić information content (AvgIpc) is 3.03. The van der Waals surface area contributed by atoms with Crippen LogP contribution in [0.1, 0.15) is 31.2 Å². The Balaban J connectivity index is 2.41. The molecule has 0 saturated heterocycles. The SMILES string of the molecule is COc1ccc(C2(C(=O)N(C)CC(=O)O)CCCC2)cc1OC. The predicted molar refractivity (Wildman–Crippen MR) is 85.0 cm³/mol. The topological polar surface area (TPSA) is 76.1 Å². The number of ether oxygens (including phenoxy) is 2. The molecule has 1 saturated carbocycles. The number of carbonyl (C=O) groups excluding carboxylic acids is 1. The Hall–Kier alpha value is -2.24. The molecule has 126 valence electrons. The number of benzene rings is 1. The van der Waals surface area contributed by atoms with Gasteiger partial charge in [0.1, 0.15) is 6.54 Å². The summed E-state index contributed by atoms with van der Waals surface area (Å²) in [5.41, 5.74) is 0.180. The third-order valence-electron chi connectivity index (χ3n) is 4.52. The van der Waals surface area contributed by atoms with Crippen LogP contribution < -0.4 is 9.47 Å². The molecule has 1 aliphatic carbocycles. The van der Waals surface area contributed by atoms with Crippen LogP contribution in [0.4, 0.5) is 0 Å². The van der Waals surface area contributed by atoms with E-state index in [-0.39, 0.29) is 12.5 Å². The molecule has 1 N–H and O–H groups in total. The average molecular weight is 321 g/mol. The summed E-state index contributed by atoms with van der Waals surface area (Å²) in [5.74, 6) is 0.0200. The van der Waals surface area contributed by atoms with Crippen molar-refractivity contribution in [3.8, 4) is 11.5 Å². The van der Waals surface area contributed by atoms with Crippen LogP contribution in [0.3, 0.4) is 0 Å². The number of hydrogen-bond acceptors (Lipinski definition) is 4. The van der Waals surface area contributed by atoms with Gasteiger partial charge in [0.05, 0.1) is 19.6 Å². The molecule has 1 aromatic rings. The van der Waals surface area contributed by atoms with Crippen LogP contribution in [0, 0.1) is 0 Å². The second-order valence-electron chi connectivity index (χ2n) is 5.91. The van der Waals surface area contributed by atoms with E-state index in [2.05, 4.69) is 0 Å². The van der Waals surface area contributed by atoms with Crippen molar-refractivity contribution in [3.63, 3.8) is 0 Å².